The molecule has 0 heterocycles. The van der Waals surface area contributed by atoms with Gasteiger partial charge in [-0.25, -0.2) is 0 Å². The molecule has 14 heavy (non-hydrogen) atoms. The summed E-state index contributed by atoms with van der Waals surface area (Å²) >= 11 is 0. The van der Waals surface area contributed by atoms with Crippen LogP contribution in [0.25, 0.3) is 0 Å². The number of methoxy groups -OCH3 is 2. The van der Waals surface area contributed by atoms with Gasteiger partial charge < -0.3 is 9.47 Å². The van der Waals surface area contributed by atoms with Gasteiger partial charge in [-0.15, -0.1) is 0 Å². The van der Waals surface area contributed by atoms with Crippen LogP contribution in [-0.2, 0) is 14.3 Å². The quantitative estimate of drug-likeness (QED) is 0.641. The number of hydrogen-bond acceptors (Lipinski definition) is 3. The van der Waals surface area contributed by atoms with E-state index in [1.807, 2.05) is 27.7 Å². The predicted molar refractivity (Wildman–Crippen MR) is 56.0 cm³/mol. The van der Waals surface area contributed by atoms with Crippen molar-refractivity contribution in [2.75, 3.05) is 14.2 Å². The molecule has 0 aliphatic carbocycles. The topological polar surface area (TPSA) is 35.5 Å². The molecule has 1 atom stereocenters. The number of ketones is 1. The maximum Gasteiger partial charge on any atom is 0.166 e. The third-order valence-corrected chi connectivity index (χ3v) is 2.31. The van der Waals surface area contributed by atoms with Crippen LogP contribution in [0.5, 0.6) is 0 Å². The molecule has 0 radical (unpaired) electrons. The second kappa shape index (κ2) is 5.47. The number of ether oxygens (including phenoxy) is 2. The van der Waals surface area contributed by atoms with Crippen molar-refractivity contribution < 1.29 is 14.3 Å². The van der Waals surface area contributed by atoms with E-state index in [1.54, 1.807) is 14.2 Å². The molecule has 3 heteroatoms. The van der Waals surface area contributed by atoms with Crippen LogP contribution in [-0.4, -0.2) is 26.3 Å². The first-order valence-corrected chi connectivity index (χ1v) is 4.98. The maximum absolute atomic E-state index is 12.0. The van der Waals surface area contributed by atoms with Gasteiger partial charge in [-0.2, -0.15) is 0 Å². The van der Waals surface area contributed by atoms with Crippen LogP contribution >= 0.6 is 0 Å². The Kier molecular flexibility index (Phi) is 5.31. The number of Topliss-reactive ketones (excluding diaryl/α,β-unsaturated/α-hetero) is 1. The van der Waals surface area contributed by atoms with Gasteiger partial charge in [0.2, 0.25) is 0 Å². The maximum atomic E-state index is 12.0. The Morgan fingerprint density at radius 3 is 1.86 bits per heavy atom. The molecule has 0 aromatic carbocycles. The Balaban J connectivity index is 4.63. The fraction of sp³-hybridized carbons (Fsp3) is 0.909. The minimum Gasteiger partial charge on any atom is -0.355 e. The van der Waals surface area contributed by atoms with Gasteiger partial charge in [0, 0.05) is 19.6 Å². The van der Waals surface area contributed by atoms with Crippen molar-refractivity contribution in [3.63, 3.8) is 0 Å². The third-order valence-electron chi connectivity index (χ3n) is 2.31. The lowest BCUT2D eigenvalue weighted by Crippen LogP contribution is -2.37. The molecule has 3 nitrogen and oxygen atoms in total. The van der Waals surface area contributed by atoms with Gasteiger partial charge in [-0.1, -0.05) is 27.7 Å². The molecule has 0 spiro atoms. The van der Waals surface area contributed by atoms with Crippen molar-refractivity contribution in [2.45, 2.75) is 40.4 Å². The summed E-state index contributed by atoms with van der Waals surface area (Å²) in [6.45, 7) is 7.72. The largest absolute Gasteiger partial charge is 0.355 e. The van der Waals surface area contributed by atoms with E-state index in [1.165, 1.54) is 0 Å². The normalized spacial score (nSPS) is 14.5. The summed E-state index contributed by atoms with van der Waals surface area (Å²) in [7, 11) is 3.12. The van der Waals surface area contributed by atoms with E-state index in [0.717, 1.165) is 6.42 Å². The van der Waals surface area contributed by atoms with Gasteiger partial charge in [0.1, 0.15) is 5.78 Å². The second-order valence-electron chi connectivity index (χ2n) is 4.47. The van der Waals surface area contributed by atoms with Crippen molar-refractivity contribution in [2.24, 2.45) is 11.3 Å². The summed E-state index contributed by atoms with van der Waals surface area (Å²) in [5.41, 5.74) is -0.337. The number of rotatable bonds is 5. The molecule has 84 valence electrons. The first kappa shape index (κ1) is 13.6. The molecule has 0 amide bonds. The zero-order valence-electron chi connectivity index (χ0n) is 10.1. The highest BCUT2D eigenvalue weighted by Gasteiger charge is 2.34. The number of carbonyl (C=O) groups is 1. The molecular weight excluding hydrogens is 180 g/mol. The molecule has 0 saturated heterocycles. The molecule has 0 aliphatic rings. The fourth-order valence-electron chi connectivity index (χ4n) is 1.48. The molecule has 0 rings (SSSR count). The van der Waals surface area contributed by atoms with Crippen LogP contribution in [0.2, 0.25) is 0 Å². The van der Waals surface area contributed by atoms with Crippen molar-refractivity contribution in [1.82, 2.24) is 0 Å². The van der Waals surface area contributed by atoms with Gasteiger partial charge in [-0.05, 0) is 6.42 Å². The summed E-state index contributed by atoms with van der Waals surface area (Å²) < 4.78 is 10.3. The summed E-state index contributed by atoms with van der Waals surface area (Å²) in [6.07, 6.45) is 0.314. The molecule has 0 aromatic heterocycles. The number of carbonyl (C=O) groups excluding carboxylic acids is 1. The average Bonchev–Trinajstić information content (AvgIpc) is 2.11. The Bertz CT molecular complexity index is 177. The van der Waals surface area contributed by atoms with E-state index in [4.69, 9.17) is 9.47 Å². The lowest BCUT2D eigenvalue weighted by atomic mass is 9.81. The highest BCUT2D eigenvalue weighted by atomic mass is 16.7. The first-order valence-electron chi connectivity index (χ1n) is 4.98. The van der Waals surface area contributed by atoms with E-state index in [0.29, 0.717) is 0 Å². The highest BCUT2D eigenvalue weighted by Crippen LogP contribution is 2.25. The minimum absolute atomic E-state index is 0.176. The Morgan fingerprint density at radius 1 is 1.21 bits per heavy atom. The van der Waals surface area contributed by atoms with Crippen LogP contribution in [0.1, 0.15) is 34.1 Å². The Labute approximate surface area is 86.8 Å². The molecule has 0 bridgehead atoms. The SMILES string of the molecule is CCC(C(=O)C(C)(C)C)C(OC)OC. The average molecular weight is 202 g/mol. The standard InChI is InChI=1S/C11H22O3/c1-7-8(10(13-5)14-6)9(12)11(2,3)4/h8,10H,7H2,1-6H3. The Hall–Kier alpha value is -0.410. The summed E-state index contributed by atoms with van der Waals surface area (Å²) in [5.74, 6) is 0.0127. The van der Waals surface area contributed by atoms with Gasteiger partial charge in [-0.3, -0.25) is 4.79 Å². The van der Waals surface area contributed by atoms with Crippen molar-refractivity contribution in [3.8, 4) is 0 Å². The summed E-state index contributed by atoms with van der Waals surface area (Å²) in [4.78, 5) is 12.0. The van der Waals surface area contributed by atoms with Gasteiger partial charge >= 0.3 is 0 Å². The third kappa shape index (κ3) is 3.39. The summed E-state index contributed by atoms with van der Waals surface area (Å²) in [5, 5.41) is 0. The Morgan fingerprint density at radius 2 is 1.64 bits per heavy atom. The van der Waals surface area contributed by atoms with Crippen molar-refractivity contribution in [3.05, 3.63) is 0 Å². The van der Waals surface area contributed by atoms with E-state index in [-0.39, 0.29) is 17.1 Å². The van der Waals surface area contributed by atoms with E-state index in [9.17, 15) is 4.79 Å². The highest BCUT2D eigenvalue weighted by molar-refractivity contribution is 5.86. The lowest BCUT2D eigenvalue weighted by Gasteiger charge is -2.28. The van der Waals surface area contributed by atoms with Crippen LogP contribution < -0.4 is 0 Å². The van der Waals surface area contributed by atoms with E-state index >= 15 is 0 Å². The smallest absolute Gasteiger partial charge is 0.166 e. The molecule has 0 saturated carbocycles. The van der Waals surface area contributed by atoms with Crippen LogP contribution in [0, 0.1) is 11.3 Å². The number of hydrogen-bond donors (Lipinski definition) is 0. The van der Waals surface area contributed by atoms with Crippen molar-refractivity contribution >= 4 is 5.78 Å². The zero-order valence-corrected chi connectivity index (χ0v) is 10.1. The predicted octanol–water partition coefficient (Wildman–Crippen LogP) is 2.25. The minimum atomic E-state index is -0.424. The zero-order chi connectivity index (χ0) is 11.4. The molecule has 0 aliphatic heterocycles. The van der Waals surface area contributed by atoms with E-state index < -0.39 is 6.29 Å². The van der Waals surface area contributed by atoms with Crippen LogP contribution in [0.3, 0.4) is 0 Å². The van der Waals surface area contributed by atoms with Gasteiger partial charge in [0.05, 0.1) is 5.92 Å². The fourth-order valence-corrected chi connectivity index (χ4v) is 1.48. The van der Waals surface area contributed by atoms with Gasteiger partial charge in [0.25, 0.3) is 0 Å². The molecule has 0 fully saturated rings. The second-order valence-corrected chi connectivity index (χ2v) is 4.47. The van der Waals surface area contributed by atoms with Gasteiger partial charge in [0.15, 0.2) is 6.29 Å². The molecule has 1 unspecified atom stereocenters. The molecule has 0 aromatic rings. The van der Waals surface area contributed by atoms with Crippen LogP contribution in [0.15, 0.2) is 0 Å². The molecular formula is C11H22O3. The molecule has 0 N–H and O–H groups in total. The van der Waals surface area contributed by atoms with E-state index in [2.05, 4.69) is 0 Å². The van der Waals surface area contributed by atoms with Crippen LogP contribution in [0.4, 0.5) is 0 Å². The van der Waals surface area contributed by atoms with Crippen molar-refractivity contribution in [1.29, 1.82) is 0 Å². The lowest BCUT2D eigenvalue weighted by molar-refractivity contribution is -0.162. The monoisotopic (exact) mass is 202 g/mol. The first-order chi connectivity index (χ1) is 6.38. The summed E-state index contributed by atoms with van der Waals surface area (Å²) in [6, 6.07) is 0.